The number of carboxylic acid groups (broad SMARTS) is 1. The van der Waals surface area contributed by atoms with E-state index in [0.29, 0.717) is 19.5 Å². The Balaban J connectivity index is 2.51. The first-order valence-electron chi connectivity index (χ1n) is 6.99. The molecule has 0 aromatic heterocycles. The molecule has 0 radical (unpaired) electrons. The molecule has 2 N–H and O–H groups in total. The molecule has 110 valence electrons. The van der Waals surface area contributed by atoms with Gasteiger partial charge in [0.1, 0.15) is 6.04 Å². The first-order valence-corrected chi connectivity index (χ1v) is 6.99. The van der Waals surface area contributed by atoms with Gasteiger partial charge in [0.15, 0.2) is 0 Å². The molecule has 1 aliphatic heterocycles. The third-order valence-corrected chi connectivity index (χ3v) is 3.71. The number of hydrogen-bond acceptors (Lipinski definition) is 2. The first-order chi connectivity index (χ1) is 8.71. The number of carboxylic acids is 1. The van der Waals surface area contributed by atoms with Gasteiger partial charge < -0.3 is 15.3 Å². The molecule has 1 heterocycles. The van der Waals surface area contributed by atoms with Crippen molar-refractivity contribution in [2.24, 2.45) is 11.3 Å². The topological polar surface area (TPSA) is 69.6 Å². The van der Waals surface area contributed by atoms with Crippen molar-refractivity contribution in [3.63, 3.8) is 0 Å². The van der Waals surface area contributed by atoms with Gasteiger partial charge in [-0.2, -0.15) is 0 Å². The number of carbonyl (C=O) groups excluding carboxylic acids is 1. The molecule has 0 aromatic rings. The normalized spacial score (nSPS) is 20.2. The second kappa shape index (κ2) is 6.26. The maximum absolute atomic E-state index is 12.1. The highest BCUT2D eigenvalue weighted by Crippen LogP contribution is 2.29. The number of aliphatic carboxylic acids is 1. The van der Waals surface area contributed by atoms with Crippen molar-refractivity contribution in [3.8, 4) is 0 Å². The zero-order chi connectivity index (χ0) is 14.6. The van der Waals surface area contributed by atoms with E-state index in [1.165, 1.54) is 0 Å². The van der Waals surface area contributed by atoms with Crippen LogP contribution in [-0.4, -0.2) is 41.1 Å². The summed E-state index contributed by atoms with van der Waals surface area (Å²) in [5.41, 5.74) is 0.279. The molecule has 1 fully saturated rings. The number of rotatable bonds is 4. The van der Waals surface area contributed by atoms with Gasteiger partial charge >= 0.3 is 12.0 Å². The highest BCUT2D eigenvalue weighted by Gasteiger charge is 2.30. The van der Waals surface area contributed by atoms with Crippen molar-refractivity contribution in [1.82, 2.24) is 10.2 Å². The molecule has 0 spiro atoms. The molecule has 0 saturated carbocycles. The quantitative estimate of drug-likeness (QED) is 0.823. The van der Waals surface area contributed by atoms with Crippen LogP contribution in [-0.2, 0) is 4.79 Å². The van der Waals surface area contributed by atoms with Crippen LogP contribution in [0.15, 0.2) is 0 Å². The van der Waals surface area contributed by atoms with E-state index in [4.69, 9.17) is 5.11 Å². The molecule has 0 bridgehead atoms. The van der Waals surface area contributed by atoms with Crippen LogP contribution in [0.1, 0.15) is 47.0 Å². The average Bonchev–Trinajstić information content (AvgIpc) is 2.27. The standard InChI is InChI=1S/C14H26N2O3/c1-10(2)9-11(12(17)18)15-13(19)16-7-5-14(3,4)6-8-16/h10-11H,5-9H2,1-4H3,(H,15,19)(H,17,18)/t11-/m0/s1. The lowest BCUT2D eigenvalue weighted by molar-refractivity contribution is -0.139. The van der Waals surface area contributed by atoms with Crippen LogP contribution in [0.2, 0.25) is 0 Å². The molecule has 19 heavy (non-hydrogen) atoms. The molecule has 0 unspecified atom stereocenters. The molecule has 1 saturated heterocycles. The Bertz CT molecular complexity index is 330. The predicted molar refractivity (Wildman–Crippen MR) is 74.0 cm³/mol. The van der Waals surface area contributed by atoms with Crippen molar-refractivity contribution >= 4 is 12.0 Å². The van der Waals surface area contributed by atoms with Gasteiger partial charge in [-0.25, -0.2) is 9.59 Å². The van der Waals surface area contributed by atoms with Gasteiger partial charge in [0.2, 0.25) is 0 Å². The molecule has 1 rings (SSSR count). The number of nitrogens with one attached hydrogen (secondary N) is 1. The van der Waals surface area contributed by atoms with E-state index in [-0.39, 0.29) is 17.4 Å². The Labute approximate surface area is 115 Å². The molecular weight excluding hydrogens is 244 g/mol. The number of hydrogen-bond donors (Lipinski definition) is 2. The van der Waals surface area contributed by atoms with Gasteiger partial charge in [-0.3, -0.25) is 0 Å². The monoisotopic (exact) mass is 270 g/mol. The van der Waals surface area contributed by atoms with Gasteiger partial charge in [-0.15, -0.1) is 0 Å². The Morgan fingerprint density at radius 3 is 2.21 bits per heavy atom. The summed E-state index contributed by atoms with van der Waals surface area (Å²) in [6, 6.07) is -1.04. The lowest BCUT2D eigenvalue weighted by atomic mass is 9.83. The summed E-state index contributed by atoms with van der Waals surface area (Å²) < 4.78 is 0. The zero-order valence-corrected chi connectivity index (χ0v) is 12.4. The fraction of sp³-hybridized carbons (Fsp3) is 0.857. The number of nitrogens with zero attached hydrogens (tertiary/aromatic N) is 1. The summed E-state index contributed by atoms with van der Waals surface area (Å²) in [7, 11) is 0. The largest absolute Gasteiger partial charge is 0.480 e. The molecular formula is C14H26N2O3. The van der Waals surface area contributed by atoms with Gasteiger partial charge in [0.25, 0.3) is 0 Å². The van der Waals surface area contributed by atoms with Crippen molar-refractivity contribution < 1.29 is 14.7 Å². The number of likely N-dealkylation sites (tertiary alicyclic amines) is 1. The highest BCUT2D eigenvalue weighted by molar-refractivity contribution is 5.82. The van der Waals surface area contributed by atoms with E-state index in [9.17, 15) is 9.59 Å². The summed E-state index contributed by atoms with van der Waals surface area (Å²) in [4.78, 5) is 24.9. The Morgan fingerprint density at radius 2 is 1.79 bits per heavy atom. The summed E-state index contributed by atoms with van der Waals surface area (Å²) in [5.74, 6) is -0.721. The van der Waals surface area contributed by atoms with Crippen LogP contribution in [0.3, 0.4) is 0 Å². The SMILES string of the molecule is CC(C)C[C@H](NC(=O)N1CCC(C)(C)CC1)C(=O)O. The van der Waals surface area contributed by atoms with Gasteiger partial charge in [-0.1, -0.05) is 27.7 Å². The third-order valence-electron chi connectivity index (χ3n) is 3.71. The molecule has 0 aromatic carbocycles. The Hall–Kier alpha value is -1.26. The third kappa shape index (κ3) is 5.09. The van der Waals surface area contributed by atoms with Gasteiger partial charge in [0.05, 0.1) is 0 Å². The van der Waals surface area contributed by atoms with Crippen LogP contribution in [0.5, 0.6) is 0 Å². The second-order valence-electron chi connectivity index (χ2n) is 6.62. The average molecular weight is 270 g/mol. The summed E-state index contributed by atoms with van der Waals surface area (Å²) in [6.45, 7) is 9.69. The number of urea groups is 1. The van der Waals surface area contributed by atoms with Crippen molar-refractivity contribution in [2.45, 2.75) is 53.0 Å². The maximum Gasteiger partial charge on any atom is 0.326 e. The van der Waals surface area contributed by atoms with Crippen molar-refractivity contribution in [2.75, 3.05) is 13.1 Å². The van der Waals surface area contributed by atoms with Crippen LogP contribution in [0.4, 0.5) is 4.79 Å². The summed E-state index contributed by atoms with van der Waals surface area (Å²) in [6.07, 6.45) is 2.38. The van der Waals surface area contributed by atoms with Gasteiger partial charge in [-0.05, 0) is 30.6 Å². The molecule has 2 amide bonds. The molecule has 5 heteroatoms. The minimum absolute atomic E-state index is 0.238. The minimum Gasteiger partial charge on any atom is -0.480 e. The Morgan fingerprint density at radius 1 is 1.26 bits per heavy atom. The molecule has 5 nitrogen and oxygen atoms in total. The first kappa shape index (κ1) is 15.8. The molecule has 1 aliphatic rings. The zero-order valence-electron chi connectivity index (χ0n) is 12.4. The van der Waals surface area contributed by atoms with Crippen LogP contribution >= 0.6 is 0 Å². The van der Waals surface area contributed by atoms with E-state index in [2.05, 4.69) is 19.2 Å². The molecule has 1 atom stereocenters. The van der Waals surface area contributed by atoms with Crippen molar-refractivity contribution in [3.05, 3.63) is 0 Å². The number of piperidine rings is 1. The van der Waals surface area contributed by atoms with Gasteiger partial charge in [0, 0.05) is 13.1 Å². The molecule has 0 aliphatic carbocycles. The van der Waals surface area contributed by atoms with Crippen LogP contribution in [0, 0.1) is 11.3 Å². The fourth-order valence-electron chi connectivity index (χ4n) is 2.25. The van der Waals surface area contributed by atoms with E-state index in [0.717, 1.165) is 12.8 Å². The lowest BCUT2D eigenvalue weighted by Gasteiger charge is -2.37. The van der Waals surface area contributed by atoms with Crippen LogP contribution < -0.4 is 5.32 Å². The second-order valence-corrected chi connectivity index (χ2v) is 6.62. The highest BCUT2D eigenvalue weighted by atomic mass is 16.4. The lowest BCUT2D eigenvalue weighted by Crippen LogP contribution is -2.51. The maximum atomic E-state index is 12.1. The summed E-state index contributed by atoms with van der Waals surface area (Å²) >= 11 is 0. The van der Waals surface area contributed by atoms with Crippen molar-refractivity contribution in [1.29, 1.82) is 0 Å². The van der Waals surface area contributed by atoms with E-state index in [1.54, 1.807) is 4.90 Å². The summed E-state index contributed by atoms with van der Waals surface area (Å²) in [5, 5.41) is 11.8. The van der Waals surface area contributed by atoms with E-state index in [1.807, 2.05) is 13.8 Å². The van der Waals surface area contributed by atoms with Crippen LogP contribution in [0.25, 0.3) is 0 Å². The number of amides is 2. The predicted octanol–water partition coefficient (Wildman–Crippen LogP) is 2.32. The van der Waals surface area contributed by atoms with E-state index < -0.39 is 12.0 Å². The minimum atomic E-state index is -0.959. The fourth-order valence-corrected chi connectivity index (χ4v) is 2.25. The smallest absolute Gasteiger partial charge is 0.326 e. The Kier molecular flexibility index (Phi) is 5.20. The van der Waals surface area contributed by atoms with E-state index >= 15 is 0 Å². The number of carbonyl (C=O) groups is 2.